The topological polar surface area (TPSA) is 65.1 Å². The van der Waals surface area contributed by atoms with Crippen molar-refractivity contribution in [3.63, 3.8) is 0 Å². The van der Waals surface area contributed by atoms with Gasteiger partial charge in [0.1, 0.15) is 11.5 Å². The molecular weight excluding hydrogens is 371 g/mol. The first-order valence-corrected chi connectivity index (χ1v) is 9.81. The minimum atomic E-state index is -0.828. The zero-order valence-corrected chi connectivity index (χ0v) is 16.9. The van der Waals surface area contributed by atoms with Gasteiger partial charge in [0.05, 0.1) is 24.8 Å². The zero-order valence-electron chi connectivity index (χ0n) is 16.9. The molecule has 29 heavy (non-hydrogen) atoms. The summed E-state index contributed by atoms with van der Waals surface area (Å²) in [6, 6.07) is 4.78. The van der Waals surface area contributed by atoms with Gasteiger partial charge in [-0.2, -0.15) is 5.10 Å². The Morgan fingerprint density at radius 3 is 2.69 bits per heavy atom. The van der Waals surface area contributed by atoms with E-state index in [2.05, 4.69) is 11.7 Å². The molecule has 0 aliphatic heterocycles. The molecule has 4 rings (SSSR count). The van der Waals surface area contributed by atoms with Gasteiger partial charge in [0.2, 0.25) is 5.88 Å². The maximum Gasteiger partial charge on any atom is 0.240 e. The molecule has 1 N–H and O–H groups in total. The summed E-state index contributed by atoms with van der Waals surface area (Å²) in [5, 5.41) is 19.4. The highest BCUT2D eigenvalue weighted by molar-refractivity contribution is 5.88. The SMILES string of the molecule is C=C(c1cn(CC)nc1OC)c1cn(C2CC2)nc1-c1ccc(F)cc1[C@@H](C)O. The fourth-order valence-electron chi connectivity index (χ4n) is 3.50. The second-order valence-electron chi connectivity index (χ2n) is 7.40. The van der Waals surface area contributed by atoms with E-state index in [0.29, 0.717) is 35.3 Å². The number of rotatable bonds is 7. The van der Waals surface area contributed by atoms with Crippen LogP contribution < -0.4 is 4.74 Å². The molecule has 2 heterocycles. The molecule has 0 radical (unpaired) electrons. The van der Waals surface area contributed by atoms with Crippen molar-refractivity contribution in [2.75, 3.05) is 7.11 Å². The number of methoxy groups -OCH3 is 1. The number of aliphatic hydroxyl groups is 1. The quantitative estimate of drug-likeness (QED) is 0.644. The maximum absolute atomic E-state index is 13.8. The molecule has 0 spiro atoms. The summed E-state index contributed by atoms with van der Waals surface area (Å²) < 4.78 is 23.0. The van der Waals surface area contributed by atoms with Crippen molar-refractivity contribution in [3.05, 3.63) is 59.7 Å². The van der Waals surface area contributed by atoms with Crippen LogP contribution in [0, 0.1) is 5.82 Å². The number of nitrogens with zero attached hydrogens (tertiary/aromatic N) is 4. The van der Waals surface area contributed by atoms with Crippen LogP contribution in [-0.4, -0.2) is 31.8 Å². The van der Waals surface area contributed by atoms with Crippen LogP contribution in [0.15, 0.2) is 37.2 Å². The van der Waals surface area contributed by atoms with Crippen molar-refractivity contribution < 1.29 is 14.2 Å². The molecule has 0 bridgehead atoms. The average molecular weight is 396 g/mol. The van der Waals surface area contributed by atoms with E-state index in [9.17, 15) is 9.50 Å². The van der Waals surface area contributed by atoms with Gasteiger partial charge in [-0.3, -0.25) is 9.36 Å². The van der Waals surface area contributed by atoms with E-state index in [1.165, 1.54) is 12.1 Å². The molecule has 7 heteroatoms. The van der Waals surface area contributed by atoms with Crippen molar-refractivity contribution in [1.82, 2.24) is 19.6 Å². The van der Waals surface area contributed by atoms with Crippen molar-refractivity contribution in [2.24, 2.45) is 0 Å². The lowest BCUT2D eigenvalue weighted by Gasteiger charge is -2.13. The Balaban J connectivity index is 1.87. The van der Waals surface area contributed by atoms with Gasteiger partial charge in [0.25, 0.3) is 0 Å². The van der Waals surface area contributed by atoms with Crippen LogP contribution in [0.4, 0.5) is 4.39 Å². The molecule has 1 aromatic carbocycles. The van der Waals surface area contributed by atoms with E-state index in [-0.39, 0.29) is 0 Å². The summed E-state index contributed by atoms with van der Waals surface area (Å²) in [5.41, 5.74) is 4.19. The highest BCUT2D eigenvalue weighted by Gasteiger charge is 2.29. The van der Waals surface area contributed by atoms with E-state index < -0.39 is 11.9 Å². The third kappa shape index (κ3) is 3.58. The smallest absolute Gasteiger partial charge is 0.240 e. The first kappa shape index (κ1) is 19.4. The first-order chi connectivity index (χ1) is 13.9. The summed E-state index contributed by atoms with van der Waals surface area (Å²) in [5.74, 6) is 0.106. The van der Waals surface area contributed by atoms with Gasteiger partial charge in [-0.05, 0) is 56.0 Å². The Labute approximate surface area is 169 Å². The lowest BCUT2D eigenvalue weighted by Crippen LogP contribution is -1.99. The molecule has 1 aliphatic rings. The fourth-order valence-corrected chi connectivity index (χ4v) is 3.50. The van der Waals surface area contributed by atoms with Crippen molar-refractivity contribution in [3.8, 4) is 17.1 Å². The van der Waals surface area contributed by atoms with Crippen LogP contribution in [0.2, 0.25) is 0 Å². The highest BCUT2D eigenvalue weighted by Crippen LogP contribution is 2.41. The Kier molecular flexibility index (Phi) is 5.00. The van der Waals surface area contributed by atoms with Gasteiger partial charge in [0, 0.05) is 30.1 Å². The van der Waals surface area contributed by atoms with Crippen LogP contribution in [0.3, 0.4) is 0 Å². The molecule has 3 aromatic rings. The van der Waals surface area contributed by atoms with Crippen LogP contribution in [0.25, 0.3) is 16.8 Å². The Hall–Kier alpha value is -2.93. The lowest BCUT2D eigenvalue weighted by molar-refractivity contribution is 0.199. The van der Waals surface area contributed by atoms with Gasteiger partial charge in [-0.25, -0.2) is 4.39 Å². The summed E-state index contributed by atoms with van der Waals surface area (Å²) in [7, 11) is 1.58. The Morgan fingerprint density at radius 2 is 2.07 bits per heavy atom. The lowest BCUT2D eigenvalue weighted by atomic mass is 9.94. The van der Waals surface area contributed by atoms with Crippen LogP contribution in [-0.2, 0) is 6.54 Å². The second kappa shape index (κ2) is 7.48. The molecule has 1 fully saturated rings. The maximum atomic E-state index is 13.8. The number of hydrogen-bond acceptors (Lipinski definition) is 4. The minimum absolute atomic E-state index is 0.367. The van der Waals surface area contributed by atoms with E-state index in [1.54, 1.807) is 24.8 Å². The standard InChI is InChI=1S/C22H25FN4O2/c1-5-26-11-20(22(25-26)29-4)13(2)19-12-27(16-7-8-16)24-21(19)17-9-6-15(23)10-18(17)14(3)28/h6,9-12,14,16,28H,2,5,7-8H2,1,3-4H3/t14-/m1/s1. The van der Waals surface area contributed by atoms with Gasteiger partial charge in [0.15, 0.2) is 0 Å². The monoisotopic (exact) mass is 396 g/mol. The number of benzene rings is 1. The predicted octanol–water partition coefficient (Wildman–Crippen LogP) is 4.36. The molecule has 1 saturated carbocycles. The van der Waals surface area contributed by atoms with E-state index in [0.717, 1.165) is 29.5 Å². The summed E-state index contributed by atoms with van der Waals surface area (Å²) in [6.07, 6.45) is 5.21. The normalized spacial score (nSPS) is 14.8. The summed E-state index contributed by atoms with van der Waals surface area (Å²) >= 11 is 0. The molecule has 1 aliphatic carbocycles. The number of hydrogen-bond donors (Lipinski definition) is 1. The minimum Gasteiger partial charge on any atom is -0.479 e. The van der Waals surface area contributed by atoms with Crippen molar-refractivity contribution in [2.45, 2.75) is 45.4 Å². The second-order valence-corrected chi connectivity index (χ2v) is 7.40. The molecule has 1 atom stereocenters. The van der Waals surface area contributed by atoms with Gasteiger partial charge in [-0.15, -0.1) is 5.10 Å². The molecule has 6 nitrogen and oxygen atoms in total. The van der Waals surface area contributed by atoms with E-state index in [1.807, 2.05) is 24.0 Å². The number of ether oxygens (including phenoxy) is 1. The summed E-state index contributed by atoms with van der Waals surface area (Å²) in [4.78, 5) is 0. The highest BCUT2D eigenvalue weighted by atomic mass is 19.1. The Bertz CT molecular complexity index is 1060. The zero-order chi connectivity index (χ0) is 20.7. The number of aryl methyl sites for hydroxylation is 1. The fraction of sp³-hybridized carbons (Fsp3) is 0.364. The van der Waals surface area contributed by atoms with Crippen LogP contribution in [0.1, 0.15) is 55.5 Å². The Morgan fingerprint density at radius 1 is 1.31 bits per heavy atom. The van der Waals surface area contributed by atoms with Crippen LogP contribution in [0.5, 0.6) is 5.88 Å². The van der Waals surface area contributed by atoms with Crippen molar-refractivity contribution in [1.29, 1.82) is 0 Å². The van der Waals surface area contributed by atoms with E-state index in [4.69, 9.17) is 9.84 Å². The molecule has 0 unspecified atom stereocenters. The molecule has 152 valence electrons. The average Bonchev–Trinajstić information content (AvgIpc) is 3.32. The molecule has 0 amide bonds. The van der Waals surface area contributed by atoms with Gasteiger partial charge in [-0.1, -0.05) is 6.58 Å². The predicted molar refractivity (Wildman–Crippen MR) is 109 cm³/mol. The molecule has 0 saturated heterocycles. The number of halogens is 1. The van der Waals surface area contributed by atoms with E-state index >= 15 is 0 Å². The largest absolute Gasteiger partial charge is 0.479 e. The van der Waals surface area contributed by atoms with Gasteiger partial charge >= 0.3 is 0 Å². The first-order valence-electron chi connectivity index (χ1n) is 9.81. The van der Waals surface area contributed by atoms with Crippen LogP contribution >= 0.6 is 0 Å². The number of aromatic nitrogens is 4. The summed E-state index contributed by atoms with van der Waals surface area (Å²) in [6.45, 7) is 8.64. The van der Waals surface area contributed by atoms with Gasteiger partial charge < -0.3 is 9.84 Å². The molecule has 2 aromatic heterocycles. The van der Waals surface area contributed by atoms with Crippen molar-refractivity contribution >= 4 is 5.57 Å². The molecular formula is C22H25FN4O2. The third-order valence-electron chi connectivity index (χ3n) is 5.27. The number of aliphatic hydroxyl groups excluding tert-OH is 1. The third-order valence-corrected chi connectivity index (χ3v) is 5.27.